The zero-order valence-corrected chi connectivity index (χ0v) is 13.7. The van der Waals surface area contributed by atoms with E-state index in [0.717, 1.165) is 10.9 Å². The second-order valence-electron chi connectivity index (χ2n) is 5.87. The third-order valence-corrected chi connectivity index (χ3v) is 6.09. The zero-order valence-electron chi connectivity index (χ0n) is 12.2. The first kappa shape index (κ1) is 15.4. The summed E-state index contributed by atoms with van der Waals surface area (Å²) in [5.74, 6) is 0.284. The monoisotopic (exact) mass is 340 g/mol. The average molecular weight is 341 g/mol. The predicted molar refractivity (Wildman–Crippen MR) is 87.0 cm³/mol. The minimum Gasteiger partial charge on any atom is -0.350 e. The van der Waals surface area contributed by atoms with Gasteiger partial charge in [0.1, 0.15) is 5.69 Å². The van der Waals surface area contributed by atoms with E-state index in [2.05, 4.69) is 4.98 Å². The van der Waals surface area contributed by atoms with Crippen LogP contribution in [0.2, 0.25) is 5.02 Å². The van der Waals surface area contributed by atoms with Crippen molar-refractivity contribution in [1.82, 2.24) is 9.88 Å². The predicted octanol–water partition coefficient (Wildman–Crippen LogP) is 2.33. The number of sulfone groups is 1. The molecule has 1 atom stereocenters. The van der Waals surface area contributed by atoms with Crippen molar-refractivity contribution in [3.8, 4) is 0 Å². The Morgan fingerprint density at radius 3 is 2.86 bits per heavy atom. The summed E-state index contributed by atoms with van der Waals surface area (Å²) in [4.78, 5) is 17.1. The van der Waals surface area contributed by atoms with Crippen molar-refractivity contribution in [2.45, 2.75) is 6.42 Å². The Bertz CT molecular complexity index is 828. The zero-order chi connectivity index (χ0) is 15.9. The molecule has 1 amide bonds. The molecule has 22 heavy (non-hydrogen) atoms. The lowest BCUT2D eigenvalue weighted by Crippen LogP contribution is -2.32. The quantitative estimate of drug-likeness (QED) is 0.932. The maximum absolute atomic E-state index is 12.5. The van der Waals surface area contributed by atoms with Crippen molar-refractivity contribution in [1.29, 1.82) is 0 Å². The number of benzene rings is 1. The molecule has 118 valence electrons. The summed E-state index contributed by atoms with van der Waals surface area (Å²) >= 11 is 5.94. The van der Waals surface area contributed by atoms with Gasteiger partial charge in [-0.3, -0.25) is 4.79 Å². The fourth-order valence-electron chi connectivity index (χ4n) is 2.91. The first-order chi connectivity index (χ1) is 10.3. The molecule has 0 radical (unpaired) electrons. The van der Waals surface area contributed by atoms with E-state index in [9.17, 15) is 13.2 Å². The molecule has 5 nitrogen and oxygen atoms in total. The Balaban J connectivity index is 1.74. The van der Waals surface area contributed by atoms with E-state index in [1.807, 2.05) is 6.07 Å². The molecule has 1 aromatic carbocycles. The van der Waals surface area contributed by atoms with Crippen molar-refractivity contribution in [3.63, 3.8) is 0 Å². The molecule has 3 rings (SSSR count). The van der Waals surface area contributed by atoms with Crippen LogP contribution >= 0.6 is 11.6 Å². The molecule has 1 aliphatic rings. The first-order valence-electron chi connectivity index (χ1n) is 7.08. The maximum Gasteiger partial charge on any atom is 0.270 e. The van der Waals surface area contributed by atoms with Crippen LogP contribution in [-0.4, -0.2) is 49.3 Å². The number of hydrogen-bond acceptors (Lipinski definition) is 3. The van der Waals surface area contributed by atoms with Crippen molar-refractivity contribution in [2.75, 3.05) is 25.1 Å². The van der Waals surface area contributed by atoms with E-state index >= 15 is 0 Å². The van der Waals surface area contributed by atoms with E-state index in [4.69, 9.17) is 11.6 Å². The summed E-state index contributed by atoms with van der Waals surface area (Å²) in [6, 6.07) is 7.20. The van der Waals surface area contributed by atoms with Gasteiger partial charge in [0.15, 0.2) is 9.84 Å². The van der Waals surface area contributed by atoms with Gasteiger partial charge >= 0.3 is 0 Å². The summed E-state index contributed by atoms with van der Waals surface area (Å²) in [6.45, 7) is 0.453. The molecule has 2 heterocycles. The number of H-pyrrole nitrogens is 1. The fourth-order valence-corrected chi connectivity index (χ4v) is 4.93. The average Bonchev–Trinajstić information content (AvgIpc) is 3.00. The van der Waals surface area contributed by atoms with Crippen LogP contribution in [0.5, 0.6) is 0 Å². The molecule has 0 aliphatic carbocycles. The topological polar surface area (TPSA) is 70.2 Å². The molecule has 2 aromatic rings. The number of carbonyl (C=O) groups is 1. The van der Waals surface area contributed by atoms with Crippen LogP contribution in [0.3, 0.4) is 0 Å². The van der Waals surface area contributed by atoms with Gasteiger partial charge in [-0.2, -0.15) is 0 Å². The minimum atomic E-state index is -2.92. The highest BCUT2D eigenvalue weighted by Crippen LogP contribution is 2.22. The van der Waals surface area contributed by atoms with Crippen LogP contribution in [0.1, 0.15) is 16.9 Å². The normalized spacial score (nSPS) is 20.4. The molecule has 1 aliphatic heterocycles. The summed E-state index contributed by atoms with van der Waals surface area (Å²) in [5.41, 5.74) is 1.30. The molecule has 0 bridgehead atoms. The van der Waals surface area contributed by atoms with Crippen LogP contribution < -0.4 is 0 Å². The lowest BCUT2D eigenvalue weighted by molar-refractivity contribution is 0.0772. The summed E-state index contributed by atoms with van der Waals surface area (Å²) < 4.78 is 23.0. The van der Waals surface area contributed by atoms with Gasteiger partial charge < -0.3 is 9.88 Å². The lowest BCUT2D eigenvalue weighted by Gasteiger charge is -2.19. The number of amides is 1. The van der Waals surface area contributed by atoms with E-state index in [1.165, 1.54) is 0 Å². The number of aromatic amines is 1. The molecular formula is C15H17ClN2O3S. The fraction of sp³-hybridized carbons (Fsp3) is 0.400. The Labute approximate surface area is 134 Å². The van der Waals surface area contributed by atoms with Crippen LogP contribution in [-0.2, 0) is 9.84 Å². The molecule has 0 spiro atoms. The number of fused-ring (bicyclic) bond motifs is 1. The van der Waals surface area contributed by atoms with Gasteiger partial charge in [-0.25, -0.2) is 8.42 Å². The Kier molecular flexibility index (Phi) is 3.91. The van der Waals surface area contributed by atoms with Gasteiger partial charge in [0.05, 0.1) is 11.5 Å². The highest BCUT2D eigenvalue weighted by atomic mass is 35.5. The van der Waals surface area contributed by atoms with E-state index < -0.39 is 9.84 Å². The molecule has 0 saturated carbocycles. The van der Waals surface area contributed by atoms with Crippen LogP contribution in [0.25, 0.3) is 10.9 Å². The standard InChI is InChI=1S/C15H17ClN2O3S/c1-18(8-10-4-5-22(20,21)9-10)15(19)14-6-11-2-3-12(16)7-13(11)17-14/h2-3,6-7,10,17H,4-5,8-9H2,1H3. The number of halogens is 1. The molecule has 1 fully saturated rings. The molecule has 1 N–H and O–H groups in total. The number of hydrogen-bond donors (Lipinski definition) is 1. The molecule has 1 saturated heterocycles. The Morgan fingerprint density at radius 1 is 1.41 bits per heavy atom. The largest absolute Gasteiger partial charge is 0.350 e. The van der Waals surface area contributed by atoms with Gasteiger partial charge in [0.25, 0.3) is 5.91 Å². The van der Waals surface area contributed by atoms with Gasteiger partial charge in [-0.1, -0.05) is 17.7 Å². The van der Waals surface area contributed by atoms with Gasteiger partial charge in [-0.05, 0) is 30.5 Å². The van der Waals surface area contributed by atoms with Crippen LogP contribution in [0.15, 0.2) is 24.3 Å². The number of nitrogens with one attached hydrogen (secondary N) is 1. The second-order valence-corrected chi connectivity index (χ2v) is 8.53. The third-order valence-electron chi connectivity index (χ3n) is 4.02. The summed E-state index contributed by atoms with van der Waals surface area (Å²) in [6.07, 6.45) is 0.627. The summed E-state index contributed by atoms with van der Waals surface area (Å²) in [7, 11) is -1.22. The number of rotatable bonds is 3. The number of carbonyl (C=O) groups excluding carboxylic acids is 1. The van der Waals surface area contributed by atoms with E-state index in [1.54, 1.807) is 30.1 Å². The first-order valence-corrected chi connectivity index (χ1v) is 9.28. The van der Waals surface area contributed by atoms with Crippen LogP contribution in [0.4, 0.5) is 0 Å². The lowest BCUT2D eigenvalue weighted by atomic mass is 10.1. The highest BCUT2D eigenvalue weighted by Gasteiger charge is 2.29. The minimum absolute atomic E-state index is 0.0257. The summed E-state index contributed by atoms with van der Waals surface area (Å²) in [5, 5.41) is 1.53. The third kappa shape index (κ3) is 3.13. The number of nitrogens with zero attached hydrogens (tertiary/aromatic N) is 1. The van der Waals surface area contributed by atoms with Gasteiger partial charge in [0.2, 0.25) is 0 Å². The number of aromatic nitrogens is 1. The van der Waals surface area contributed by atoms with Crippen molar-refractivity contribution in [2.24, 2.45) is 5.92 Å². The van der Waals surface area contributed by atoms with Crippen molar-refractivity contribution >= 4 is 38.2 Å². The maximum atomic E-state index is 12.5. The smallest absolute Gasteiger partial charge is 0.270 e. The SMILES string of the molecule is CN(CC1CCS(=O)(=O)C1)C(=O)c1cc2ccc(Cl)cc2[nH]1. The molecular weight excluding hydrogens is 324 g/mol. The van der Waals surface area contributed by atoms with Crippen molar-refractivity contribution in [3.05, 3.63) is 35.0 Å². The molecule has 7 heteroatoms. The van der Waals surface area contributed by atoms with Gasteiger partial charge in [-0.15, -0.1) is 0 Å². The Hall–Kier alpha value is -1.53. The Morgan fingerprint density at radius 2 is 2.18 bits per heavy atom. The van der Waals surface area contributed by atoms with Crippen LogP contribution in [0, 0.1) is 5.92 Å². The molecule has 1 unspecified atom stereocenters. The van der Waals surface area contributed by atoms with E-state index in [-0.39, 0.29) is 23.3 Å². The van der Waals surface area contributed by atoms with E-state index in [0.29, 0.717) is 23.7 Å². The molecule has 1 aromatic heterocycles. The highest BCUT2D eigenvalue weighted by molar-refractivity contribution is 7.91. The van der Waals surface area contributed by atoms with Gasteiger partial charge in [0, 0.05) is 29.5 Å². The second kappa shape index (κ2) is 5.59. The van der Waals surface area contributed by atoms with Crippen molar-refractivity contribution < 1.29 is 13.2 Å².